The van der Waals surface area contributed by atoms with Gasteiger partial charge in [0, 0.05) is 18.0 Å². The Hall–Kier alpha value is -1.82. The molecule has 114 valence electrons. The van der Waals surface area contributed by atoms with Gasteiger partial charge in [-0.15, -0.1) is 0 Å². The first-order valence-corrected chi connectivity index (χ1v) is 6.74. The van der Waals surface area contributed by atoms with Crippen molar-refractivity contribution in [3.63, 3.8) is 0 Å². The van der Waals surface area contributed by atoms with Crippen molar-refractivity contribution in [1.82, 2.24) is 10.6 Å². The molecule has 1 atom stereocenters. The van der Waals surface area contributed by atoms with E-state index in [1.807, 2.05) is 6.07 Å². The normalized spacial score (nSPS) is 20.1. The van der Waals surface area contributed by atoms with Gasteiger partial charge in [0.1, 0.15) is 0 Å². The van der Waals surface area contributed by atoms with E-state index in [4.69, 9.17) is 0 Å². The van der Waals surface area contributed by atoms with Crippen LogP contribution in [0, 0.1) is 5.92 Å². The molecule has 1 aromatic rings. The van der Waals surface area contributed by atoms with Crippen molar-refractivity contribution >= 4 is 11.5 Å². The molecule has 0 saturated carbocycles. The van der Waals surface area contributed by atoms with Gasteiger partial charge in [0.2, 0.25) is 0 Å². The van der Waals surface area contributed by atoms with Crippen LogP contribution in [0.25, 0.3) is 5.57 Å². The van der Waals surface area contributed by atoms with E-state index in [0.717, 1.165) is 10.9 Å². The van der Waals surface area contributed by atoms with E-state index in [1.165, 1.54) is 0 Å². The van der Waals surface area contributed by atoms with Gasteiger partial charge in [-0.25, -0.2) is 0 Å². The van der Waals surface area contributed by atoms with E-state index in [1.54, 1.807) is 31.2 Å². The summed E-state index contributed by atoms with van der Waals surface area (Å²) in [6, 6.07) is 9.00. The van der Waals surface area contributed by atoms with Gasteiger partial charge < -0.3 is 5.32 Å². The molecule has 3 nitrogen and oxygen atoms in total. The summed E-state index contributed by atoms with van der Waals surface area (Å²) in [5.41, 5.74) is 1.56. The number of rotatable bonds is 3. The zero-order chi connectivity index (χ0) is 15.5. The van der Waals surface area contributed by atoms with Crippen molar-refractivity contribution in [1.29, 1.82) is 0 Å². The van der Waals surface area contributed by atoms with Gasteiger partial charge in [-0.3, -0.25) is 10.1 Å². The summed E-state index contributed by atoms with van der Waals surface area (Å²) in [6.07, 6.45) is -4.06. The highest BCUT2D eigenvalue weighted by atomic mass is 19.4. The number of alkyl halides is 3. The van der Waals surface area contributed by atoms with Crippen LogP contribution in [-0.2, 0) is 4.79 Å². The molecule has 1 amide bonds. The second-order valence-electron chi connectivity index (χ2n) is 5.05. The zero-order valence-electron chi connectivity index (χ0n) is 11.6. The van der Waals surface area contributed by atoms with Crippen LogP contribution in [0.3, 0.4) is 0 Å². The van der Waals surface area contributed by atoms with Gasteiger partial charge >= 0.3 is 6.30 Å². The third kappa shape index (κ3) is 4.07. The van der Waals surface area contributed by atoms with Crippen LogP contribution in [0.4, 0.5) is 13.2 Å². The number of hydrogen-bond donors (Lipinski definition) is 2. The van der Waals surface area contributed by atoms with Gasteiger partial charge in [0.25, 0.3) is 5.91 Å². The monoisotopic (exact) mass is 298 g/mol. The minimum absolute atomic E-state index is 0.201. The Morgan fingerprint density at radius 1 is 1.29 bits per heavy atom. The average molecular weight is 298 g/mol. The topological polar surface area (TPSA) is 41.1 Å². The number of benzene rings is 1. The fraction of sp³-hybridized carbons (Fsp3) is 0.400. The first-order valence-electron chi connectivity index (χ1n) is 6.74. The highest BCUT2D eigenvalue weighted by molar-refractivity contribution is 6.01. The van der Waals surface area contributed by atoms with E-state index in [0.29, 0.717) is 25.1 Å². The van der Waals surface area contributed by atoms with Crippen LogP contribution in [0.5, 0.6) is 0 Å². The number of hydrogen-bond acceptors (Lipinski definition) is 2. The van der Waals surface area contributed by atoms with E-state index >= 15 is 0 Å². The summed E-state index contributed by atoms with van der Waals surface area (Å²) in [6.45, 7) is 2.92. The Morgan fingerprint density at radius 2 is 1.95 bits per heavy atom. The maximum absolute atomic E-state index is 12.4. The SMILES string of the molecule is C/C(=C(/C(=O)NC(F)(F)F)C1CCNC1)c1ccccc1. The molecule has 1 aliphatic rings. The van der Waals surface area contributed by atoms with E-state index < -0.39 is 12.2 Å². The molecule has 0 spiro atoms. The van der Waals surface area contributed by atoms with E-state index in [-0.39, 0.29) is 11.5 Å². The van der Waals surface area contributed by atoms with Crippen LogP contribution >= 0.6 is 0 Å². The molecule has 1 unspecified atom stereocenters. The van der Waals surface area contributed by atoms with Crippen molar-refractivity contribution in [3.05, 3.63) is 41.5 Å². The van der Waals surface area contributed by atoms with Crippen molar-refractivity contribution in [2.75, 3.05) is 13.1 Å². The van der Waals surface area contributed by atoms with Gasteiger partial charge in [-0.2, -0.15) is 13.2 Å². The number of halogens is 3. The molecule has 0 radical (unpaired) electrons. The molecular weight excluding hydrogens is 281 g/mol. The van der Waals surface area contributed by atoms with E-state index in [2.05, 4.69) is 5.32 Å². The fourth-order valence-corrected chi connectivity index (χ4v) is 2.60. The van der Waals surface area contributed by atoms with Crippen LogP contribution < -0.4 is 10.6 Å². The Balaban J connectivity index is 2.38. The first-order chi connectivity index (χ1) is 9.88. The predicted octanol–water partition coefficient (Wildman–Crippen LogP) is 2.71. The van der Waals surface area contributed by atoms with Gasteiger partial charge in [-0.05, 0) is 31.0 Å². The van der Waals surface area contributed by atoms with Crippen LogP contribution in [0.2, 0.25) is 0 Å². The van der Waals surface area contributed by atoms with Crippen molar-refractivity contribution in [2.24, 2.45) is 5.92 Å². The molecule has 1 fully saturated rings. The quantitative estimate of drug-likeness (QED) is 0.665. The lowest BCUT2D eigenvalue weighted by atomic mass is 9.90. The number of allylic oxidation sites excluding steroid dienone is 1. The van der Waals surface area contributed by atoms with Crippen LogP contribution in [-0.4, -0.2) is 25.3 Å². The maximum atomic E-state index is 12.4. The molecule has 1 aliphatic heterocycles. The lowest BCUT2D eigenvalue weighted by Gasteiger charge is -2.19. The van der Waals surface area contributed by atoms with Crippen molar-refractivity contribution in [3.8, 4) is 0 Å². The standard InChI is InChI=1S/C15H17F3N2O/c1-10(11-5-3-2-4-6-11)13(12-7-8-19-9-12)14(21)20-15(16,17)18/h2-6,12,19H,7-9H2,1H3,(H,20,21)/b13-10-. The Bertz CT molecular complexity index is 532. The number of amides is 1. The summed E-state index contributed by atoms with van der Waals surface area (Å²) < 4.78 is 37.3. The minimum Gasteiger partial charge on any atom is -0.316 e. The maximum Gasteiger partial charge on any atom is 0.484 e. The average Bonchev–Trinajstić information content (AvgIpc) is 2.91. The zero-order valence-corrected chi connectivity index (χ0v) is 11.6. The van der Waals surface area contributed by atoms with Crippen molar-refractivity contribution in [2.45, 2.75) is 19.6 Å². The lowest BCUT2D eigenvalue weighted by Crippen LogP contribution is -2.40. The van der Waals surface area contributed by atoms with Crippen LogP contribution in [0.15, 0.2) is 35.9 Å². The Labute approximate surface area is 121 Å². The number of nitrogens with one attached hydrogen (secondary N) is 2. The summed E-state index contributed by atoms with van der Waals surface area (Å²) in [7, 11) is 0. The summed E-state index contributed by atoms with van der Waals surface area (Å²) in [5, 5.41) is 4.20. The summed E-state index contributed by atoms with van der Waals surface area (Å²) >= 11 is 0. The van der Waals surface area contributed by atoms with Gasteiger partial charge in [-0.1, -0.05) is 30.3 Å². The fourth-order valence-electron chi connectivity index (χ4n) is 2.60. The Kier molecular flexibility index (Phi) is 4.67. The number of carbonyl (C=O) groups is 1. The third-order valence-electron chi connectivity index (χ3n) is 3.58. The second kappa shape index (κ2) is 6.30. The molecule has 2 N–H and O–H groups in total. The smallest absolute Gasteiger partial charge is 0.316 e. The highest BCUT2D eigenvalue weighted by Crippen LogP contribution is 2.28. The Morgan fingerprint density at radius 3 is 2.48 bits per heavy atom. The molecule has 21 heavy (non-hydrogen) atoms. The number of carbonyl (C=O) groups excluding carboxylic acids is 1. The lowest BCUT2D eigenvalue weighted by molar-refractivity contribution is -0.167. The summed E-state index contributed by atoms with van der Waals surface area (Å²) in [4.78, 5) is 12.0. The van der Waals surface area contributed by atoms with E-state index in [9.17, 15) is 18.0 Å². The molecule has 0 bridgehead atoms. The molecule has 1 saturated heterocycles. The molecule has 6 heteroatoms. The molecule has 0 aliphatic carbocycles. The van der Waals surface area contributed by atoms with Gasteiger partial charge in [0.05, 0.1) is 0 Å². The third-order valence-corrected chi connectivity index (χ3v) is 3.58. The molecule has 0 aromatic heterocycles. The predicted molar refractivity (Wildman–Crippen MR) is 74.2 cm³/mol. The van der Waals surface area contributed by atoms with Gasteiger partial charge in [0.15, 0.2) is 0 Å². The first kappa shape index (κ1) is 15.6. The molecular formula is C15H17F3N2O. The highest BCUT2D eigenvalue weighted by Gasteiger charge is 2.35. The minimum atomic E-state index is -4.72. The second-order valence-corrected chi connectivity index (χ2v) is 5.05. The molecule has 1 aromatic carbocycles. The van der Waals surface area contributed by atoms with Crippen molar-refractivity contribution < 1.29 is 18.0 Å². The van der Waals surface area contributed by atoms with Crippen LogP contribution in [0.1, 0.15) is 18.9 Å². The summed E-state index contributed by atoms with van der Waals surface area (Å²) in [5.74, 6) is -1.26. The molecule has 1 heterocycles. The largest absolute Gasteiger partial charge is 0.484 e. The molecule has 2 rings (SSSR count).